The van der Waals surface area contributed by atoms with Crippen molar-refractivity contribution < 1.29 is 49.3 Å². The van der Waals surface area contributed by atoms with Gasteiger partial charge in [-0.2, -0.15) is 9.50 Å². The molecule has 2 aliphatic heterocycles. The van der Waals surface area contributed by atoms with E-state index in [2.05, 4.69) is 30.5 Å². The lowest BCUT2D eigenvalue weighted by atomic mass is 10.1. The molecule has 3 amide bonds. The summed E-state index contributed by atoms with van der Waals surface area (Å²) in [4.78, 5) is 69.3. The highest BCUT2D eigenvalue weighted by atomic mass is 35.5. The van der Waals surface area contributed by atoms with Crippen molar-refractivity contribution in [2.24, 2.45) is 5.16 Å². The first-order valence-electron chi connectivity index (χ1n) is 14.3. The molecule has 8 N–H and O–H groups in total. The zero-order valence-corrected chi connectivity index (χ0v) is 29.9. The van der Waals surface area contributed by atoms with Crippen molar-refractivity contribution in [3.05, 3.63) is 61.8 Å². The maximum absolute atomic E-state index is 13.5. The van der Waals surface area contributed by atoms with E-state index in [1.807, 2.05) is 0 Å². The Bertz CT molecular complexity index is 2210. The number of aromatic hydroxyl groups is 2. The second-order valence-corrected chi connectivity index (χ2v) is 14.3. The summed E-state index contributed by atoms with van der Waals surface area (Å²) in [5.41, 5.74) is 7.95. The number of thioether (sulfide) groups is 2. The molecule has 25 heteroatoms. The summed E-state index contributed by atoms with van der Waals surface area (Å²) in [6.07, 6.45) is -1.67. The molecule has 0 unspecified atom stereocenters. The van der Waals surface area contributed by atoms with Gasteiger partial charge in [0.25, 0.3) is 17.6 Å². The number of nitrogen functional groups attached to an aromatic ring is 1. The van der Waals surface area contributed by atoms with E-state index < -0.39 is 53.4 Å². The number of fused-ring (bicyclic) bond motifs is 2. The van der Waals surface area contributed by atoms with Crippen molar-refractivity contribution in [1.29, 1.82) is 0 Å². The Morgan fingerprint density at radius 1 is 1.19 bits per heavy atom. The van der Waals surface area contributed by atoms with Crippen LogP contribution in [0.2, 0.25) is 10.0 Å². The van der Waals surface area contributed by atoms with Crippen molar-refractivity contribution >= 4 is 98.6 Å². The lowest BCUT2D eigenvalue weighted by Crippen LogP contribution is -2.70. The highest BCUT2D eigenvalue weighted by Crippen LogP contribution is 2.43. The number of amides is 3. The van der Waals surface area contributed by atoms with E-state index >= 15 is 0 Å². The molecular formula is C27H22Cl2N10O10S3. The van der Waals surface area contributed by atoms with E-state index in [4.69, 9.17) is 43.7 Å². The molecule has 52 heavy (non-hydrogen) atoms. The van der Waals surface area contributed by atoms with Gasteiger partial charge in [-0.05, 0) is 19.1 Å². The number of phenols is 2. The first kappa shape index (κ1) is 36.7. The molecular weight excluding hydrogens is 791 g/mol. The third-order valence-electron chi connectivity index (χ3n) is 7.17. The molecule has 0 radical (unpaired) electrons. The Labute approximate surface area is 312 Å². The number of nitrogens with one attached hydrogen (secondary N) is 2. The maximum atomic E-state index is 13.5. The van der Waals surface area contributed by atoms with Gasteiger partial charge < -0.3 is 35.9 Å². The molecule has 272 valence electrons. The Hall–Kier alpha value is -5.07. The minimum Gasteiger partial charge on any atom is -0.503 e. The van der Waals surface area contributed by atoms with Crippen LogP contribution in [0.15, 0.2) is 39.2 Å². The lowest BCUT2D eigenvalue weighted by molar-refractivity contribution is -0.148. The first-order valence-corrected chi connectivity index (χ1v) is 17.9. The second-order valence-electron chi connectivity index (χ2n) is 10.6. The van der Waals surface area contributed by atoms with Crippen LogP contribution < -0.4 is 16.5 Å². The van der Waals surface area contributed by atoms with Gasteiger partial charge in [0.1, 0.15) is 28.7 Å². The van der Waals surface area contributed by atoms with Crippen molar-refractivity contribution in [1.82, 2.24) is 40.3 Å². The van der Waals surface area contributed by atoms with Crippen molar-refractivity contribution in [2.75, 3.05) is 17.2 Å². The number of aryl methyl sites for hydroxylation is 1. The number of hydroxylamine groups is 1. The topological polar surface area (TPSA) is 289 Å². The van der Waals surface area contributed by atoms with Crippen LogP contribution in [0.3, 0.4) is 0 Å². The Morgan fingerprint density at radius 3 is 2.65 bits per heavy atom. The predicted octanol–water partition coefficient (Wildman–Crippen LogP) is 2.33. The van der Waals surface area contributed by atoms with Gasteiger partial charge in [-0.1, -0.05) is 28.4 Å². The number of anilines is 1. The summed E-state index contributed by atoms with van der Waals surface area (Å²) in [6.45, 7) is 1.29. The highest BCUT2D eigenvalue weighted by Gasteiger charge is 2.54. The molecule has 1 saturated heterocycles. The first-order chi connectivity index (χ1) is 24.8. The van der Waals surface area contributed by atoms with E-state index in [9.17, 15) is 34.5 Å². The number of oxime groups is 1. The molecule has 4 aromatic rings. The Kier molecular flexibility index (Phi) is 10.5. The fourth-order valence-corrected chi connectivity index (χ4v) is 8.28. The van der Waals surface area contributed by atoms with Gasteiger partial charge in [0.05, 0.1) is 10.0 Å². The number of thiazole rings is 1. The van der Waals surface area contributed by atoms with Crippen LogP contribution in [0.5, 0.6) is 11.5 Å². The van der Waals surface area contributed by atoms with E-state index in [0.717, 1.165) is 16.2 Å². The largest absolute Gasteiger partial charge is 0.512 e. The minimum atomic E-state index is -1.67. The highest BCUT2D eigenvalue weighted by molar-refractivity contribution is 8.01. The van der Waals surface area contributed by atoms with Crippen LogP contribution >= 0.6 is 58.1 Å². The molecule has 6 rings (SSSR count). The molecule has 20 nitrogen and oxygen atoms in total. The Balaban J connectivity index is 1.20. The molecule has 1 fully saturated rings. The average Bonchev–Trinajstić information content (AvgIpc) is 3.74. The third kappa shape index (κ3) is 7.18. The number of carbonyl (C=O) groups excluding carboxylic acids is 3. The summed E-state index contributed by atoms with van der Waals surface area (Å²) >= 11 is 15.4. The number of hydrogen-bond donors (Lipinski definition) is 7. The van der Waals surface area contributed by atoms with Gasteiger partial charge >= 0.3 is 12.1 Å². The zero-order valence-electron chi connectivity index (χ0n) is 25.9. The van der Waals surface area contributed by atoms with Crippen LogP contribution in [0, 0.1) is 6.92 Å². The molecule has 0 saturated carbocycles. The number of carbonyl (C=O) groups is 4. The van der Waals surface area contributed by atoms with Crippen LogP contribution in [0.25, 0.3) is 5.78 Å². The van der Waals surface area contributed by atoms with Gasteiger partial charge in [0, 0.05) is 33.7 Å². The molecule has 5 heterocycles. The van der Waals surface area contributed by atoms with E-state index in [0.29, 0.717) is 16.3 Å². The number of β-lactam (4-membered cyclic amide) rings is 1. The number of carboxylic acid groups (broad SMARTS) is 1. The predicted molar refractivity (Wildman–Crippen MR) is 184 cm³/mol. The van der Waals surface area contributed by atoms with Crippen LogP contribution in [-0.2, 0) is 25.8 Å². The number of halogens is 2. The smallest absolute Gasteiger partial charge is 0.503 e. The number of hydrogen-bond acceptors (Lipinski definition) is 18. The maximum Gasteiger partial charge on any atom is 0.512 e. The summed E-state index contributed by atoms with van der Waals surface area (Å²) in [5.74, 6) is -4.00. The molecule has 2 aliphatic rings. The number of rotatable bonds is 11. The van der Waals surface area contributed by atoms with E-state index in [-0.39, 0.29) is 61.1 Å². The van der Waals surface area contributed by atoms with Crippen molar-refractivity contribution in [3.8, 4) is 11.5 Å². The summed E-state index contributed by atoms with van der Waals surface area (Å²) in [7, 11) is 0. The monoisotopic (exact) mass is 812 g/mol. The van der Waals surface area contributed by atoms with E-state index in [1.54, 1.807) is 13.0 Å². The minimum absolute atomic E-state index is 0.0173. The second kappa shape index (κ2) is 14.9. The van der Waals surface area contributed by atoms with Crippen LogP contribution in [0.1, 0.15) is 27.6 Å². The number of nitrogens with zero attached hydrogens (tertiary/aromatic N) is 7. The number of ether oxygens (including phenoxy) is 1. The summed E-state index contributed by atoms with van der Waals surface area (Å²) in [5, 5.41) is 49.5. The SMILES string of the molecule is Cc1cc(SCC2=C(OC(=O)O)N3C(=O)[C@@H](NC(=O)/C(=N\OCc4cc(Cl)c(O)c(O)c4Cl)c4csc(N)n4)[C@H]3SC2)n2nc(C(=O)NO)nc2n1. The molecule has 3 aromatic heterocycles. The van der Waals surface area contributed by atoms with Crippen molar-refractivity contribution in [2.45, 2.75) is 30.0 Å². The molecule has 2 atom stereocenters. The fraction of sp³-hybridized carbons (Fsp3) is 0.222. The number of benzene rings is 1. The van der Waals surface area contributed by atoms with Gasteiger partial charge in [-0.3, -0.25) is 24.5 Å². The molecule has 0 aliphatic carbocycles. The number of phenolic OH excluding ortho intramolecular Hbond substituents is 2. The fourth-order valence-electron chi connectivity index (χ4n) is 4.81. The summed E-state index contributed by atoms with van der Waals surface area (Å²) < 4.78 is 6.35. The van der Waals surface area contributed by atoms with Gasteiger partial charge in [0.15, 0.2) is 22.3 Å². The summed E-state index contributed by atoms with van der Waals surface area (Å²) in [6, 6.07) is 1.74. The standard InChI is InChI=1S/C27H22Cl2N10O10S3/c1-8-2-13(39-26(31-8)34-19(35-39)21(43)36-47)50-5-10-6-51-24-16(22(44)38(24)23(10)49-27(45)46)33-20(42)15(12-7-52-25(30)32-12)37-48-4-9-3-11(28)17(40)18(41)14(9)29/h2-3,7,16,24,40-41,47H,4-6H2,1H3,(H2,30,32)(H,33,42)(H,36,43)(H,45,46)/b37-15-/t16-,24-/m1/s1. The molecule has 1 aromatic carbocycles. The quantitative estimate of drug-likeness (QED) is 0.0167. The van der Waals surface area contributed by atoms with Crippen LogP contribution in [-0.4, -0.2) is 103 Å². The van der Waals surface area contributed by atoms with Crippen LogP contribution in [0.4, 0.5) is 9.93 Å². The van der Waals surface area contributed by atoms with E-state index in [1.165, 1.54) is 45.0 Å². The van der Waals surface area contributed by atoms with Gasteiger partial charge in [-0.15, -0.1) is 40.0 Å². The number of nitrogens with two attached hydrogens (primary N) is 1. The van der Waals surface area contributed by atoms with Gasteiger partial charge in [-0.25, -0.2) is 20.2 Å². The Morgan fingerprint density at radius 2 is 1.96 bits per heavy atom. The number of aromatic nitrogens is 5. The normalized spacial score (nSPS) is 17.1. The lowest BCUT2D eigenvalue weighted by Gasteiger charge is -2.49. The van der Waals surface area contributed by atoms with Gasteiger partial charge in [0.2, 0.25) is 11.7 Å². The zero-order chi connectivity index (χ0) is 37.4. The van der Waals surface area contributed by atoms with Crippen molar-refractivity contribution in [3.63, 3.8) is 0 Å². The average molecular weight is 814 g/mol. The molecule has 0 bridgehead atoms. The molecule has 0 spiro atoms. The third-order valence-corrected chi connectivity index (χ3v) is 11.0.